The molecule has 0 aliphatic carbocycles. The number of aromatic nitrogens is 1. The van der Waals surface area contributed by atoms with Crippen molar-refractivity contribution < 1.29 is 14.3 Å². The van der Waals surface area contributed by atoms with E-state index in [2.05, 4.69) is 23.3 Å². The molecule has 6 nitrogen and oxygen atoms in total. The second-order valence-electron chi connectivity index (χ2n) is 7.70. The highest BCUT2D eigenvalue weighted by Crippen LogP contribution is 2.45. The quantitative estimate of drug-likeness (QED) is 0.477. The van der Waals surface area contributed by atoms with Crippen LogP contribution in [-0.2, 0) is 13.0 Å². The van der Waals surface area contributed by atoms with Crippen LogP contribution in [0, 0.1) is 0 Å². The molecule has 6 rings (SSSR count). The van der Waals surface area contributed by atoms with Crippen LogP contribution in [0.1, 0.15) is 20.8 Å². The third-order valence-electron chi connectivity index (χ3n) is 5.62. The number of nitrogens with zero attached hydrogens (tertiary/aromatic N) is 2. The minimum Gasteiger partial charge on any atom is -0.454 e. The number of fused-ring (bicyclic) bond motifs is 3. The highest BCUT2D eigenvalue weighted by atomic mass is 32.1. The lowest BCUT2D eigenvalue weighted by Gasteiger charge is -2.22. The number of amides is 1. The minimum atomic E-state index is -0.160. The normalized spacial score (nSPS) is 15.3. The molecule has 0 atom stereocenters. The number of hydrogen-bond acceptors (Lipinski definition) is 7. The second kappa shape index (κ2) is 7.33. The second-order valence-corrected chi connectivity index (χ2v) is 9.84. The van der Waals surface area contributed by atoms with Crippen LogP contribution < -0.4 is 14.8 Å². The monoisotopic (exact) mass is 449 g/mol. The molecule has 0 unspecified atom stereocenters. The highest BCUT2D eigenvalue weighted by molar-refractivity contribution is 7.23. The Balaban J connectivity index is 1.41. The number of benzene rings is 2. The third-order valence-corrected chi connectivity index (χ3v) is 7.80. The maximum Gasteiger partial charge on any atom is 0.256 e. The van der Waals surface area contributed by atoms with Crippen molar-refractivity contribution in [2.24, 2.45) is 0 Å². The van der Waals surface area contributed by atoms with E-state index in [-0.39, 0.29) is 12.7 Å². The Morgan fingerprint density at radius 3 is 2.90 bits per heavy atom. The predicted molar refractivity (Wildman–Crippen MR) is 123 cm³/mol. The molecule has 0 spiro atoms. The van der Waals surface area contributed by atoms with E-state index in [1.54, 1.807) is 40.9 Å². The van der Waals surface area contributed by atoms with Crippen LogP contribution in [0.5, 0.6) is 11.5 Å². The summed E-state index contributed by atoms with van der Waals surface area (Å²) in [4.78, 5) is 21.6. The average molecular weight is 450 g/mol. The maximum atomic E-state index is 13.1. The lowest BCUT2D eigenvalue weighted by Crippen LogP contribution is -2.25. The summed E-state index contributed by atoms with van der Waals surface area (Å²) in [6.45, 7) is 2.07. The van der Waals surface area contributed by atoms with Crippen LogP contribution in [0.2, 0.25) is 0 Å². The van der Waals surface area contributed by atoms with Gasteiger partial charge in [-0.1, -0.05) is 12.1 Å². The molecule has 0 saturated carbocycles. The number of hydrogen-bond donors (Lipinski definition) is 1. The Bertz CT molecular complexity index is 1290. The SMILES string of the molecule is CN1CCc2c(sc(NC(=O)c3ccc4c(c3)OCO4)c2-c2nc3ccccc3s2)C1. The van der Waals surface area contributed by atoms with Gasteiger partial charge in [0.2, 0.25) is 6.79 Å². The van der Waals surface area contributed by atoms with Crippen LogP contribution in [0.15, 0.2) is 42.5 Å². The van der Waals surface area contributed by atoms with Gasteiger partial charge in [-0.05, 0) is 49.4 Å². The molecule has 156 valence electrons. The lowest BCUT2D eigenvalue weighted by molar-refractivity contribution is 0.102. The Hall–Kier alpha value is -2.94. The molecule has 2 aromatic carbocycles. The molecule has 1 N–H and O–H groups in total. The zero-order valence-corrected chi connectivity index (χ0v) is 18.4. The number of ether oxygens (including phenoxy) is 2. The molecule has 0 saturated heterocycles. The summed E-state index contributed by atoms with van der Waals surface area (Å²) in [5, 5.41) is 4.99. The van der Waals surface area contributed by atoms with Gasteiger partial charge in [-0.25, -0.2) is 4.98 Å². The predicted octanol–water partition coefficient (Wildman–Crippen LogP) is 4.99. The summed E-state index contributed by atoms with van der Waals surface area (Å²) >= 11 is 3.33. The van der Waals surface area contributed by atoms with Crippen molar-refractivity contribution in [3.05, 3.63) is 58.5 Å². The van der Waals surface area contributed by atoms with Gasteiger partial charge in [-0.2, -0.15) is 0 Å². The summed E-state index contributed by atoms with van der Waals surface area (Å²) in [7, 11) is 2.13. The van der Waals surface area contributed by atoms with Crippen molar-refractivity contribution in [1.82, 2.24) is 9.88 Å². The summed E-state index contributed by atoms with van der Waals surface area (Å²) in [6.07, 6.45) is 0.952. The van der Waals surface area contributed by atoms with E-state index in [1.807, 2.05) is 18.2 Å². The first-order chi connectivity index (χ1) is 15.2. The lowest BCUT2D eigenvalue weighted by atomic mass is 10.0. The smallest absolute Gasteiger partial charge is 0.256 e. The Morgan fingerprint density at radius 2 is 2.00 bits per heavy atom. The van der Waals surface area contributed by atoms with Gasteiger partial charge in [-0.15, -0.1) is 22.7 Å². The van der Waals surface area contributed by atoms with Crippen molar-refractivity contribution in [3.63, 3.8) is 0 Å². The van der Waals surface area contributed by atoms with Crippen molar-refractivity contribution in [2.75, 3.05) is 25.7 Å². The topological polar surface area (TPSA) is 63.7 Å². The first kappa shape index (κ1) is 18.8. The fourth-order valence-corrected chi connectivity index (χ4v) is 6.47. The minimum absolute atomic E-state index is 0.160. The fraction of sp³-hybridized carbons (Fsp3) is 0.217. The number of carbonyl (C=O) groups is 1. The number of anilines is 1. The molecule has 0 radical (unpaired) electrons. The van der Waals surface area contributed by atoms with Crippen molar-refractivity contribution >= 4 is 43.8 Å². The number of nitrogens with one attached hydrogen (secondary N) is 1. The number of likely N-dealkylation sites (N-methyl/N-ethyl adjacent to an activating group) is 1. The van der Waals surface area contributed by atoms with Gasteiger partial charge in [0.25, 0.3) is 5.91 Å². The number of thiophene rings is 1. The van der Waals surface area contributed by atoms with Crippen molar-refractivity contribution in [2.45, 2.75) is 13.0 Å². The third kappa shape index (κ3) is 3.27. The van der Waals surface area contributed by atoms with Crippen molar-refractivity contribution in [1.29, 1.82) is 0 Å². The van der Waals surface area contributed by atoms with Gasteiger partial charge in [0.1, 0.15) is 10.0 Å². The number of thiazole rings is 1. The molecule has 4 heterocycles. The summed E-state index contributed by atoms with van der Waals surface area (Å²) < 4.78 is 11.9. The van der Waals surface area contributed by atoms with Crippen LogP contribution in [0.25, 0.3) is 20.8 Å². The molecular formula is C23H19N3O3S2. The Labute approximate surface area is 187 Å². The Kier molecular flexibility index (Phi) is 4.45. The molecule has 2 aliphatic heterocycles. The largest absolute Gasteiger partial charge is 0.454 e. The highest BCUT2D eigenvalue weighted by Gasteiger charge is 2.27. The number of para-hydroxylation sites is 1. The fourth-order valence-electron chi connectivity index (χ4n) is 4.04. The molecule has 31 heavy (non-hydrogen) atoms. The van der Waals surface area contributed by atoms with Gasteiger partial charge >= 0.3 is 0 Å². The van der Waals surface area contributed by atoms with E-state index >= 15 is 0 Å². The van der Waals surface area contributed by atoms with Crippen LogP contribution >= 0.6 is 22.7 Å². The van der Waals surface area contributed by atoms with Gasteiger partial charge in [-0.3, -0.25) is 4.79 Å². The molecule has 1 amide bonds. The van der Waals surface area contributed by atoms with E-state index in [4.69, 9.17) is 14.5 Å². The van der Waals surface area contributed by atoms with E-state index in [1.165, 1.54) is 10.4 Å². The molecule has 8 heteroatoms. The molecular weight excluding hydrogens is 430 g/mol. The zero-order chi connectivity index (χ0) is 20.9. The molecule has 4 aromatic rings. The maximum absolute atomic E-state index is 13.1. The van der Waals surface area contributed by atoms with Gasteiger partial charge in [0, 0.05) is 29.1 Å². The Morgan fingerprint density at radius 1 is 1.13 bits per heavy atom. The van der Waals surface area contributed by atoms with Gasteiger partial charge in [0.15, 0.2) is 11.5 Å². The number of carbonyl (C=O) groups excluding carboxylic acids is 1. The van der Waals surface area contributed by atoms with E-state index in [0.717, 1.165) is 45.3 Å². The van der Waals surface area contributed by atoms with Crippen molar-refractivity contribution in [3.8, 4) is 22.1 Å². The molecule has 0 bridgehead atoms. The average Bonchev–Trinajstić information content (AvgIpc) is 3.48. The standard InChI is InChI=1S/C23H19N3O3S2/c1-26-9-8-14-19(11-26)31-23(20(14)22-24-15-4-2-3-5-18(15)30-22)25-21(27)13-6-7-16-17(10-13)29-12-28-16/h2-7,10H,8-9,11-12H2,1H3,(H,25,27). The molecule has 2 aliphatic rings. The molecule has 0 fully saturated rings. The molecule has 2 aromatic heterocycles. The van der Waals surface area contributed by atoms with E-state index < -0.39 is 0 Å². The summed E-state index contributed by atoms with van der Waals surface area (Å²) in [6, 6.07) is 13.4. The zero-order valence-electron chi connectivity index (χ0n) is 16.8. The van der Waals surface area contributed by atoms with Crippen LogP contribution in [0.3, 0.4) is 0 Å². The van der Waals surface area contributed by atoms with Gasteiger partial charge in [0.05, 0.1) is 10.2 Å². The van der Waals surface area contributed by atoms with Crippen LogP contribution in [0.4, 0.5) is 5.00 Å². The summed E-state index contributed by atoms with van der Waals surface area (Å²) in [5.41, 5.74) is 3.91. The first-order valence-corrected chi connectivity index (χ1v) is 11.7. The first-order valence-electron chi connectivity index (χ1n) is 10.1. The van der Waals surface area contributed by atoms with E-state index in [9.17, 15) is 4.79 Å². The van der Waals surface area contributed by atoms with Crippen LogP contribution in [-0.4, -0.2) is 36.2 Å². The van der Waals surface area contributed by atoms with E-state index in [0.29, 0.717) is 17.1 Å². The number of rotatable bonds is 3. The summed E-state index contributed by atoms with van der Waals surface area (Å²) in [5.74, 6) is 1.11. The van der Waals surface area contributed by atoms with Gasteiger partial charge < -0.3 is 19.7 Å².